The van der Waals surface area contributed by atoms with E-state index in [1.807, 2.05) is 0 Å². The highest BCUT2D eigenvalue weighted by atomic mass is 32.1. The van der Waals surface area contributed by atoms with Crippen LogP contribution in [0.1, 0.15) is 11.8 Å². The van der Waals surface area contributed by atoms with Crippen LogP contribution in [0.5, 0.6) is 0 Å². The molecule has 0 aliphatic carbocycles. The fraction of sp³-hybridized carbons (Fsp3) is 0.545. The number of carbonyl (C=O) groups is 1. The van der Waals surface area contributed by atoms with E-state index in [0.717, 1.165) is 13.0 Å². The molecule has 0 aliphatic heterocycles. The number of hydrogen-bond acceptors (Lipinski definition) is 3. The molecule has 1 aromatic rings. The number of rotatable bonds is 6. The topological polar surface area (TPSA) is 41.1 Å². The number of hydrogen-bond donors (Lipinski definition) is 2. The van der Waals surface area contributed by atoms with Crippen LogP contribution in [0, 0.1) is 5.92 Å². The summed E-state index contributed by atoms with van der Waals surface area (Å²) in [5, 5.41) is 7.81. The minimum Gasteiger partial charge on any atom is -0.355 e. The molecular weight excluding hydrogens is 208 g/mol. The van der Waals surface area contributed by atoms with Gasteiger partial charge < -0.3 is 10.6 Å². The predicted molar refractivity (Wildman–Crippen MR) is 64.1 cm³/mol. The molecule has 0 aliphatic rings. The molecule has 2 N–H and O–H groups in total. The molecular formula is C11H18N2OS. The Bertz CT molecular complexity index is 285. The zero-order chi connectivity index (χ0) is 11.1. The second kappa shape index (κ2) is 6.58. The van der Waals surface area contributed by atoms with E-state index in [2.05, 4.69) is 35.1 Å². The van der Waals surface area contributed by atoms with E-state index in [0.29, 0.717) is 12.5 Å². The van der Waals surface area contributed by atoms with Gasteiger partial charge in [0, 0.05) is 11.4 Å². The summed E-state index contributed by atoms with van der Waals surface area (Å²) in [7, 11) is 1.77. The van der Waals surface area contributed by atoms with E-state index in [9.17, 15) is 4.79 Å². The zero-order valence-corrected chi connectivity index (χ0v) is 10.1. The maximum atomic E-state index is 11.2. The van der Waals surface area contributed by atoms with Crippen molar-refractivity contribution < 1.29 is 4.79 Å². The average molecular weight is 226 g/mol. The van der Waals surface area contributed by atoms with Crippen molar-refractivity contribution in [3.63, 3.8) is 0 Å². The van der Waals surface area contributed by atoms with Crippen LogP contribution < -0.4 is 10.6 Å². The Morgan fingerprint density at radius 1 is 1.60 bits per heavy atom. The summed E-state index contributed by atoms with van der Waals surface area (Å²) in [4.78, 5) is 12.6. The Morgan fingerprint density at radius 3 is 3.00 bits per heavy atom. The van der Waals surface area contributed by atoms with E-state index in [-0.39, 0.29) is 5.91 Å². The largest absolute Gasteiger partial charge is 0.355 e. The van der Waals surface area contributed by atoms with Gasteiger partial charge in [-0.05, 0) is 30.8 Å². The molecule has 1 heterocycles. The molecule has 3 nitrogen and oxygen atoms in total. The molecule has 1 rings (SSSR count). The van der Waals surface area contributed by atoms with Crippen molar-refractivity contribution in [3.8, 4) is 0 Å². The van der Waals surface area contributed by atoms with Crippen LogP contribution in [0.4, 0.5) is 0 Å². The smallest absolute Gasteiger partial charge is 0.233 e. The summed E-state index contributed by atoms with van der Waals surface area (Å²) in [6.45, 7) is 3.30. The van der Waals surface area contributed by atoms with Gasteiger partial charge in [-0.3, -0.25) is 4.79 Å². The monoisotopic (exact) mass is 226 g/mol. The SMILES string of the molecule is CNCC(=O)NCC(C)Cc1cccs1. The second-order valence-electron chi connectivity index (χ2n) is 3.72. The van der Waals surface area contributed by atoms with Crippen molar-refractivity contribution in [1.82, 2.24) is 10.6 Å². The Kier molecular flexibility index (Phi) is 5.36. The molecule has 1 atom stereocenters. The van der Waals surface area contributed by atoms with Gasteiger partial charge in [0.15, 0.2) is 0 Å². The van der Waals surface area contributed by atoms with Crippen molar-refractivity contribution in [1.29, 1.82) is 0 Å². The predicted octanol–water partition coefficient (Wildman–Crippen LogP) is 1.26. The first-order chi connectivity index (χ1) is 7.22. The first-order valence-corrected chi connectivity index (χ1v) is 6.04. The van der Waals surface area contributed by atoms with Crippen LogP contribution in [0.2, 0.25) is 0 Å². The van der Waals surface area contributed by atoms with Crippen LogP contribution in [0.3, 0.4) is 0 Å². The fourth-order valence-corrected chi connectivity index (χ4v) is 2.23. The molecule has 0 aromatic carbocycles. The van der Waals surface area contributed by atoms with E-state index >= 15 is 0 Å². The van der Waals surface area contributed by atoms with Gasteiger partial charge in [-0.1, -0.05) is 13.0 Å². The van der Waals surface area contributed by atoms with Crippen LogP contribution >= 0.6 is 11.3 Å². The number of thiophene rings is 1. The van der Waals surface area contributed by atoms with Crippen molar-refractivity contribution in [2.75, 3.05) is 20.1 Å². The summed E-state index contributed by atoms with van der Waals surface area (Å²) in [5.41, 5.74) is 0. The van der Waals surface area contributed by atoms with Crippen LogP contribution in [0.25, 0.3) is 0 Å². The van der Waals surface area contributed by atoms with Crippen molar-refractivity contribution in [3.05, 3.63) is 22.4 Å². The Labute approximate surface area is 94.9 Å². The third-order valence-corrected chi connectivity index (χ3v) is 3.01. The van der Waals surface area contributed by atoms with Crippen LogP contribution in [-0.4, -0.2) is 26.0 Å². The average Bonchev–Trinajstić information content (AvgIpc) is 2.68. The van der Waals surface area contributed by atoms with E-state index < -0.39 is 0 Å². The Morgan fingerprint density at radius 2 is 2.40 bits per heavy atom. The lowest BCUT2D eigenvalue weighted by atomic mass is 10.1. The zero-order valence-electron chi connectivity index (χ0n) is 9.25. The molecule has 84 valence electrons. The second-order valence-corrected chi connectivity index (χ2v) is 4.76. The Balaban J connectivity index is 2.19. The molecule has 1 unspecified atom stereocenters. The van der Waals surface area contributed by atoms with Crippen molar-refractivity contribution in [2.24, 2.45) is 5.92 Å². The van der Waals surface area contributed by atoms with Crippen molar-refractivity contribution >= 4 is 17.2 Å². The minimum absolute atomic E-state index is 0.0653. The first kappa shape index (κ1) is 12.2. The number of amides is 1. The molecule has 1 aromatic heterocycles. The molecule has 0 fully saturated rings. The lowest BCUT2D eigenvalue weighted by Gasteiger charge is -2.11. The fourth-order valence-electron chi connectivity index (χ4n) is 1.36. The highest BCUT2D eigenvalue weighted by molar-refractivity contribution is 7.09. The summed E-state index contributed by atoms with van der Waals surface area (Å²) in [6.07, 6.45) is 1.04. The van der Waals surface area contributed by atoms with Crippen molar-refractivity contribution in [2.45, 2.75) is 13.3 Å². The third-order valence-electron chi connectivity index (χ3n) is 2.11. The van der Waals surface area contributed by atoms with Gasteiger partial charge >= 0.3 is 0 Å². The van der Waals surface area contributed by atoms with Gasteiger partial charge in [-0.2, -0.15) is 0 Å². The Hall–Kier alpha value is -0.870. The first-order valence-electron chi connectivity index (χ1n) is 5.16. The summed E-state index contributed by atoms with van der Waals surface area (Å²) >= 11 is 1.77. The summed E-state index contributed by atoms with van der Waals surface area (Å²) < 4.78 is 0. The van der Waals surface area contributed by atoms with Gasteiger partial charge in [-0.25, -0.2) is 0 Å². The molecule has 0 saturated heterocycles. The number of nitrogens with one attached hydrogen (secondary N) is 2. The maximum absolute atomic E-state index is 11.2. The molecule has 1 amide bonds. The molecule has 15 heavy (non-hydrogen) atoms. The highest BCUT2D eigenvalue weighted by Gasteiger charge is 2.06. The molecule has 0 spiro atoms. The van der Waals surface area contributed by atoms with Crippen LogP contribution in [0.15, 0.2) is 17.5 Å². The van der Waals surface area contributed by atoms with Gasteiger partial charge in [-0.15, -0.1) is 11.3 Å². The van der Waals surface area contributed by atoms with E-state index in [1.165, 1.54) is 4.88 Å². The van der Waals surface area contributed by atoms with Crippen LogP contribution in [-0.2, 0) is 11.2 Å². The highest BCUT2D eigenvalue weighted by Crippen LogP contribution is 2.13. The molecule has 0 radical (unpaired) electrons. The normalized spacial score (nSPS) is 12.4. The lowest BCUT2D eigenvalue weighted by Crippen LogP contribution is -2.35. The van der Waals surface area contributed by atoms with E-state index in [1.54, 1.807) is 18.4 Å². The quantitative estimate of drug-likeness (QED) is 0.767. The number of carbonyl (C=O) groups excluding carboxylic acids is 1. The van der Waals surface area contributed by atoms with Gasteiger partial charge in [0.05, 0.1) is 6.54 Å². The van der Waals surface area contributed by atoms with E-state index in [4.69, 9.17) is 0 Å². The third kappa shape index (κ3) is 4.95. The van der Waals surface area contributed by atoms with Gasteiger partial charge in [0.2, 0.25) is 5.91 Å². The van der Waals surface area contributed by atoms with Gasteiger partial charge in [0.25, 0.3) is 0 Å². The number of likely N-dealkylation sites (N-methyl/N-ethyl adjacent to an activating group) is 1. The summed E-state index contributed by atoms with van der Waals surface area (Å²) in [6, 6.07) is 4.20. The molecule has 4 heteroatoms. The molecule has 0 bridgehead atoms. The minimum atomic E-state index is 0.0653. The molecule has 0 saturated carbocycles. The maximum Gasteiger partial charge on any atom is 0.233 e. The standard InChI is InChI=1S/C11H18N2OS/c1-9(6-10-4-3-5-15-10)7-13-11(14)8-12-2/h3-5,9,12H,6-8H2,1-2H3,(H,13,14). The summed E-state index contributed by atoms with van der Waals surface area (Å²) in [5.74, 6) is 0.556. The lowest BCUT2D eigenvalue weighted by molar-refractivity contribution is -0.120. The van der Waals surface area contributed by atoms with Gasteiger partial charge in [0.1, 0.15) is 0 Å².